The van der Waals surface area contributed by atoms with E-state index in [-0.39, 0.29) is 6.61 Å². The number of rotatable bonds is 4. The molecule has 0 bridgehead atoms. The first-order valence-electron chi connectivity index (χ1n) is 5.96. The first-order chi connectivity index (χ1) is 9.60. The quantitative estimate of drug-likeness (QED) is 0.525. The highest BCUT2D eigenvalue weighted by molar-refractivity contribution is 5.98. The average molecular weight is 277 g/mol. The Balaban J connectivity index is 2.09. The first kappa shape index (κ1) is 14.0. The van der Waals surface area contributed by atoms with Crippen LogP contribution < -0.4 is 4.74 Å². The fraction of sp³-hybridized carbons (Fsp3) is 0.133. The molecule has 5 heteroatoms. The molecular formula is C15H13F2NO2. The lowest BCUT2D eigenvalue weighted by Gasteiger charge is -2.08. The molecule has 0 fully saturated rings. The summed E-state index contributed by atoms with van der Waals surface area (Å²) in [5.41, 5.74) is 1.71. The van der Waals surface area contributed by atoms with Crippen LogP contribution in [0.4, 0.5) is 8.78 Å². The molecule has 3 nitrogen and oxygen atoms in total. The van der Waals surface area contributed by atoms with Gasteiger partial charge in [-0.3, -0.25) is 0 Å². The Morgan fingerprint density at radius 3 is 2.65 bits per heavy atom. The molecule has 1 N–H and O–H groups in total. The van der Waals surface area contributed by atoms with Crippen LogP contribution in [0, 0.1) is 11.6 Å². The zero-order valence-electron chi connectivity index (χ0n) is 10.8. The minimum atomic E-state index is -0.900. The van der Waals surface area contributed by atoms with Gasteiger partial charge in [0.2, 0.25) is 0 Å². The molecule has 0 saturated carbocycles. The van der Waals surface area contributed by atoms with Gasteiger partial charge in [-0.15, -0.1) is 0 Å². The Bertz CT molecular complexity index is 642. The molecule has 0 aliphatic carbocycles. The second-order valence-corrected chi connectivity index (χ2v) is 4.25. The van der Waals surface area contributed by atoms with Crippen molar-refractivity contribution in [3.05, 3.63) is 65.2 Å². The number of benzene rings is 2. The molecule has 0 aliphatic rings. The minimum Gasteiger partial charge on any atom is -0.489 e. The van der Waals surface area contributed by atoms with Crippen molar-refractivity contribution >= 4 is 5.71 Å². The molecule has 0 unspecified atom stereocenters. The van der Waals surface area contributed by atoms with Crippen LogP contribution in [0.3, 0.4) is 0 Å². The number of halogens is 2. The third-order valence-corrected chi connectivity index (χ3v) is 2.79. The van der Waals surface area contributed by atoms with Crippen molar-refractivity contribution in [1.29, 1.82) is 0 Å². The zero-order valence-corrected chi connectivity index (χ0v) is 10.8. The van der Waals surface area contributed by atoms with Crippen molar-refractivity contribution in [2.45, 2.75) is 13.5 Å². The molecular weight excluding hydrogens is 264 g/mol. The van der Waals surface area contributed by atoms with Gasteiger partial charge in [0.1, 0.15) is 12.4 Å². The summed E-state index contributed by atoms with van der Waals surface area (Å²) in [5.74, 6) is -1.23. The molecule has 2 aromatic rings. The molecule has 0 amide bonds. The SMILES string of the molecule is C/C(=N/O)c1cccc(OCc2ccc(F)c(F)c2)c1. The van der Waals surface area contributed by atoms with Gasteiger partial charge in [-0.1, -0.05) is 23.4 Å². The van der Waals surface area contributed by atoms with Gasteiger partial charge in [0.25, 0.3) is 0 Å². The van der Waals surface area contributed by atoms with Gasteiger partial charge in [-0.25, -0.2) is 8.78 Å². The van der Waals surface area contributed by atoms with Gasteiger partial charge in [-0.05, 0) is 36.8 Å². The van der Waals surface area contributed by atoms with Gasteiger partial charge >= 0.3 is 0 Å². The van der Waals surface area contributed by atoms with E-state index in [1.54, 1.807) is 31.2 Å². The van der Waals surface area contributed by atoms with Crippen LogP contribution >= 0.6 is 0 Å². The lowest BCUT2D eigenvalue weighted by Crippen LogP contribution is -1.99. The molecule has 0 saturated heterocycles. The number of oxime groups is 1. The second-order valence-electron chi connectivity index (χ2n) is 4.25. The van der Waals surface area contributed by atoms with Crippen LogP contribution in [-0.4, -0.2) is 10.9 Å². The van der Waals surface area contributed by atoms with E-state index in [0.29, 0.717) is 17.0 Å². The molecule has 0 spiro atoms. The summed E-state index contributed by atoms with van der Waals surface area (Å²) >= 11 is 0. The Morgan fingerprint density at radius 1 is 1.15 bits per heavy atom. The minimum absolute atomic E-state index is 0.121. The Hall–Kier alpha value is -2.43. The van der Waals surface area contributed by atoms with E-state index in [4.69, 9.17) is 9.94 Å². The summed E-state index contributed by atoms with van der Waals surface area (Å²) in [6, 6.07) is 10.6. The van der Waals surface area contributed by atoms with Crippen molar-refractivity contribution in [2.24, 2.45) is 5.16 Å². The van der Waals surface area contributed by atoms with Crippen LogP contribution in [0.1, 0.15) is 18.1 Å². The van der Waals surface area contributed by atoms with E-state index in [9.17, 15) is 8.78 Å². The van der Waals surface area contributed by atoms with Crippen molar-refractivity contribution in [1.82, 2.24) is 0 Å². The largest absolute Gasteiger partial charge is 0.489 e. The van der Waals surface area contributed by atoms with E-state index in [1.165, 1.54) is 6.07 Å². The first-order valence-corrected chi connectivity index (χ1v) is 5.96. The monoisotopic (exact) mass is 277 g/mol. The molecule has 0 radical (unpaired) electrons. The van der Waals surface area contributed by atoms with Crippen molar-refractivity contribution in [3.8, 4) is 5.75 Å². The zero-order chi connectivity index (χ0) is 14.5. The van der Waals surface area contributed by atoms with Crippen LogP contribution in [-0.2, 0) is 6.61 Å². The topological polar surface area (TPSA) is 41.8 Å². The van der Waals surface area contributed by atoms with Crippen LogP contribution in [0.5, 0.6) is 5.75 Å². The summed E-state index contributed by atoms with van der Waals surface area (Å²) in [5, 5.41) is 11.8. The fourth-order valence-corrected chi connectivity index (χ4v) is 1.66. The number of nitrogens with zero attached hydrogens (tertiary/aromatic N) is 1. The van der Waals surface area contributed by atoms with E-state index in [0.717, 1.165) is 17.7 Å². The molecule has 2 rings (SSSR count). The molecule has 0 heterocycles. The predicted molar refractivity (Wildman–Crippen MR) is 71.1 cm³/mol. The molecule has 20 heavy (non-hydrogen) atoms. The summed E-state index contributed by atoms with van der Waals surface area (Å²) in [7, 11) is 0. The van der Waals surface area contributed by atoms with Gasteiger partial charge in [0, 0.05) is 5.56 Å². The Morgan fingerprint density at radius 2 is 1.95 bits per heavy atom. The second kappa shape index (κ2) is 6.14. The third-order valence-electron chi connectivity index (χ3n) is 2.79. The van der Waals surface area contributed by atoms with Crippen LogP contribution in [0.2, 0.25) is 0 Å². The van der Waals surface area contributed by atoms with Crippen molar-refractivity contribution in [2.75, 3.05) is 0 Å². The van der Waals surface area contributed by atoms with E-state index in [2.05, 4.69) is 5.16 Å². The Kier molecular flexibility index (Phi) is 4.30. The molecule has 104 valence electrons. The summed E-state index contributed by atoms with van der Waals surface area (Å²) in [6.45, 7) is 1.78. The van der Waals surface area contributed by atoms with Gasteiger partial charge < -0.3 is 9.94 Å². The summed E-state index contributed by atoms with van der Waals surface area (Å²) in [6.07, 6.45) is 0. The van der Waals surface area contributed by atoms with E-state index >= 15 is 0 Å². The summed E-state index contributed by atoms with van der Waals surface area (Å²) < 4.78 is 31.3. The number of hydrogen-bond donors (Lipinski definition) is 1. The van der Waals surface area contributed by atoms with Crippen LogP contribution in [0.25, 0.3) is 0 Å². The molecule has 0 aromatic heterocycles. The standard InChI is InChI=1S/C15H13F2NO2/c1-10(18-19)12-3-2-4-13(8-12)20-9-11-5-6-14(16)15(17)7-11/h2-8,19H,9H2,1H3/b18-10-. The predicted octanol–water partition coefficient (Wildman–Crippen LogP) is 3.74. The third kappa shape index (κ3) is 3.32. The lowest BCUT2D eigenvalue weighted by atomic mass is 10.1. The van der Waals surface area contributed by atoms with E-state index < -0.39 is 11.6 Å². The molecule has 0 atom stereocenters. The highest BCUT2D eigenvalue weighted by Crippen LogP contribution is 2.17. The van der Waals surface area contributed by atoms with Gasteiger partial charge in [-0.2, -0.15) is 0 Å². The smallest absolute Gasteiger partial charge is 0.159 e. The van der Waals surface area contributed by atoms with Crippen LogP contribution in [0.15, 0.2) is 47.6 Å². The highest BCUT2D eigenvalue weighted by Gasteiger charge is 2.04. The number of hydrogen-bond acceptors (Lipinski definition) is 3. The normalized spacial score (nSPS) is 11.4. The van der Waals surface area contributed by atoms with E-state index in [1.807, 2.05) is 0 Å². The van der Waals surface area contributed by atoms with Gasteiger partial charge in [0.05, 0.1) is 5.71 Å². The lowest BCUT2D eigenvalue weighted by molar-refractivity contribution is 0.305. The van der Waals surface area contributed by atoms with Gasteiger partial charge in [0.15, 0.2) is 11.6 Å². The number of ether oxygens (including phenoxy) is 1. The maximum atomic E-state index is 13.0. The van der Waals surface area contributed by atoms with Crippen molar-refractivity contribution < 1.29 is 18.7 Å². The maximum absolute atomic E-state index is 13.0. The molecule has 2 aromatic carbocycles. The molecule has 0 aliphatic heterocycles. The average Bonchev–Trinajstić information content (AvgIpc) is 2.48. The van der Waals surface area contributed by atoms with Crippen molar-refractivity contribution in [3.63, 3.8) is 0 Å². The Labute approximate surface area is 115 Å². The fourth-order valence-electron chi connectivity index (χ4n) is 1.66. The highest BCUT2D eigenvalue weighted by atomic mass is 19.2. The summed E-state index contributed by atoms with van der Waals surface area (Å²) in [4.78, 5) is 0. The maximum Gasteiger partial charge on any atom is 0.159 e.